The normalized spacial score (nSPS) is 37.4. The first kappa shape index (κ1) is 27.4. The van der Waals surface area contributed by atoms with Gasteiger partial charge in [-0.25, -0.2) is 0 Å². The van der Waals surface area contributed by atoms with Gasteiger partial charge in [0.15, 0.2) is 0 Å². The van der Waals surface area contributed by atoms with E-state index in [2.05, 4.69) is 44.7 Å². The van der Waals surface area contributed by atoms with Crippen LogP contribution in [0.4, 0.5) is 0 Å². The van der Waals surface area contributed by atoms with E-state index in [9.17, 15) is 15.0 Å². The van der Waals surface area contributed by atoms with Crippen molar-refractivity contribution in [2.75, 3.05) is 0 Å². The van der Waals surface area contributed by atoms with Crippen LogP contribution in [0.5, 0.6) is 0 Å². The maximum atomic E-state index is 12.5. The molecule has 4 aliphatic rings. The largest absolute Gasteiger partial charge is 0.457 e. The topological polar surface area (TPSA) is 66.8 Å². The number of ether oxygens (including phenoxy) is 1. The van der Waals surface area contributed by atoms with Crippen molar-refractivity contribution < 1.29 is 19.7 Å². The number of fused-ring (bicyclic) bond motifs is 1. The molecule has 36 heavy (non-hydrogen) atoms. The summed E-state index contributed by atoms with van der Waals surface area (Å²) in [5.74, 6) is 2.00. The summed E-state index contributed by atoms with van der Waals surface area (Å²) in [4.78, 5) is 12.5. The smallest absolute Gasteiger partial charge is 0.311 e. The molecule has 2 N–H and O–H groups in total. The first-order valence-corrected chi connectivity index (χ1v) is 14.2. The molecule has 0 aliphatic heterocycles. The third-order valence-corrected chi connectivity index (χ3v) is 9.48. The van der Waals surface area contributed by atoms with Crippen molar-refractivity contribution in [1.82, 2.24) is 0 Å². The predicted molar refractivity (Wildman–Crippen MR) is 145 cm³/mol. The van der Waals surface area contributed by atoms with E-state index in [1.54, 1.807) is 0 Å². The lowest BCUT2D eigenvalue weighted by atomic mass is 9.61. The Bertz CT molecular complexity index is 930. The number of aliphatic hydroxyl groups excluding tert-OH is 2. The quantitative estimate of drug-likeness (QED) is 0.318. The zero-order chi connectivity index (χ0) is 26.3. The first-order chi connectivity index (χ1) is 16.9. The van der Waals surface area contributed by atoms with E-state index in [0.717, 1.165) is 30.4 Å². The van der Waals surface area contributed by atoms with E-state index in [1.807, 2.05) is 20.8 Å². The van der Waals surface area contributed by atoms with Crippen LogP contribution in [-0.2, 0) is 9.53 Å². The average Bonchev–Trinajstić information content (AvgIpc) is 3.58. The standard InChI is InChI=1S/C32H48O4/c1-20(9-16-29(23-11-12-23)36-30(35)31(3,4)5)26-14-15-27-22(8-7-17-32(26,27)6)10-13-24-18-25(33)19-28(34)21(24)2/h9-10,13,16,20,23,25-29,33-34H,2,7-8,11-12,14-15,17-19H2,1,3-6H3/t20-,25-,26-,27+,28+,29+,32-/m1/s1. The van der Waals surface area contributed by atoms with Crippen LogP contribution in [0, 0.1) is 34.5 Å². The van der Waals surface area contributed by atoms with Gasteiger partial charge in [-0.05, 0) is 118 Å². The fourth-order valence-electron chi connectivity index (χ4n) is 7.04. The number of hydrogen-bond acceptors (Lipinski definition) is 4. The summed E-state index contributed by atoms with van der Waals surface area (Å²) in [7, 11) is 0. The second-order valence-corrected chi connectivity index (χ2v) is 13.4. The summed E-state index contributed by atoms with van der Waals surface area (Å²) in [6.45, 7) is 14.7. The summed E-state index contributed by atoms with van der Waals surface area (Å²) in [6, 6.07) is 0. The minimum absolute atomic E-state index is 0.0908. The molecule has 0 heterocycles. The molecule has 200 valence electrons. The van der Waals surface area contributed by atoms with E-state index >= 15 is 0 Å². The minimum Gasteiger partial charge on any atom is -0.457 e. The van der Waals surface area contributed by atoms with Crippen LogP contribution >= 0.6 is 0 Å². The fourth-order valence-corrected chi connectivity index (χ4v) is 7.04. The summed E-state index contributed by atoms with van der Waals surface area (Å²) in [6.07, 6.45) is 17.0. The SMILES string of the molecule is C=C1C(=CC=C2CCC[C@]3(C)[C@@H]([C@H](C)C=C[C@H](OC(=O)C(C)(C)C)C4CC4)CC[C@@H]23)C[C@@H](O)C[C@@H]1O. The second-order valence-electron chi connectivity index (χ2n) is 13.4. The van der Waals surface area contributed by atoms with Crippen LogP contribution in [0.1, 0.15) is 92.4 Å². The highest BCUT2D eigenvalue weighted by Crippen LogP contribution is 2.59. The van der Waals surface area contributed by atoms with Crippen LogP contribution in [-0.4, -0.2) is 34.5 Å². The van der Waals surface area contributed by atoms with Crippen LogP contribution in [0.2, 0.25) is 0 Å². The Kier molecular flexibility index (Phi) is 8.07. The van der Waals surface area contributed by atoms with Crippen molar-refractivity contribution in [3.63, 3.8) is 0 Å². The molecule has 0 unspecified atom stereocenters. The van der Waals surface area contributed by atoms with Crippen molar-refractivity contribution in [3.8, 4) is 0 Å². The van der Waals surface area contributed by atoms with Crippen molar-refractivity contribution in [2.24, 2.45) is 34.5 Å². The third kappa shape index (κ3) is 5.91. The van der Waals surface area contributed by atoms with Gasteiger partial charge in [-0.15, -0.1) is 0 Å². The van der Waals surface area contributed by atoms with E-state index in [1.165, 1.54) is 31.3 Å². The number of aliphatic hydroxyl groups is 2. The maximum Gasteiger partial charge on any atom is 0.311 e. The van der Waals surface area contributed by atoms with Crippen molar-refractivity contribution in [3.05, 3.63) is 47.6 Å². The summed E-state index contributed by atoms with van der Waals surface area (Å²) in [5, 5.41) is 20.3. The fraction of sp³-hybridized carbons (Fsp3) is 0.719. The minimum atomic E-state index is -0.638. The number of allylic oxidation sites excluding steroid dienone is 4. The first-order valence-electron chi connectivity index (χ1n) is 14.2. The Labute approximate surface area is 218 Å². The molecule has 4 rings (SSSR count). The Morgan fingerprint density at radius 1 is 1.14 bits per heavy atom. The van der Waals surface area contributed by atoms with Crippen molar-refractivity contribution in [1.29, 1.82) is 0 Å². The van der Waals surface area contributed by atoms with E-state index in [4.69, 9.17) is 4.74 Å². The molecule has 4 aliphatic carbocycles. The molecular weight excluding hydrogens is 448 g/mol. The molecule has 0 saturated heterocycles. The molecule has 0 aromatic carbocycles. The number of carbonyl (C=O) groups is 1. The Hall–Kier alpha value is -1.65. The zero-order valence-electron chi connectivity index (χ0n) is 23.1. The lowest BCUT2D eigenvalue weighted by molar-refractivity contribution is -0.157. The highest BCUT2D eigenvalue weighted by Gasteiger charge is 2.50. The van der Waals surface area contributed by atoms with Gasteiger partial charge in [-0.3, -0.25) is 4.79 Å². The van der Waals surface area contributed by atoms with Gasteiger partial charge >= 0.3 is 5.97 Å². The number of esters is 1. The van der Waals surface area contributed by atoms with Gasteiger partial charge in [0.2, 0.25) is 0 Å². The van der Waals surface area contributed by atoms with Gasteiger partial charge < -0.3 is 14.9 Å². The van der Waals surface area contributed by atoms with Gasteiger partial charge in [0.05, 0.1) is 17.6 Å². The second kappa shape index (κ2) is 10.6. The van der Waals surface area contributed by atoms with Crippen molar-refractivity contribution >= 4 is 5.97 Å². The van der Waals surface area contributed by atoms with Gasteiger partial charge in [0.25, 0.3) is 0 Å². The lowest BCUT2D eigenvalue weighted by Gasteiger charge is -2.44. The molecule has 4 nitrogen and oxygen atoms in total. The lowest BCUT2D eigenvalue weighted by Crippen LogP contribution is -2.35. The monoisotopic (exact) mass is 496 g/mol. The Morgan fingerprint density at radius 3 is 2.53 bits per heavy atom. The van der Waals surface area contributed by atoms with Gasteiger partial charge in [-0.2, -0.15) is 0 Å². The predicted octanol–water partition coefficient (Wildman–Crippen LogP) is 6.69. The van der Waals surface area contributed by atoms with E-state index < -0.39 is 17.6 Å². The number of carbonyl (C=O) groups excluding carboxylic acids is 1. The van der Waals surface area contributed by atoms with E-state index in [0.29, 0.717) is 36.5 Å². The third-order valence-electron chi connectivity index (χ3n) is 9.48. The van der Waals surface area contributed by atoms with Crippen LogP contribution in [0.15, 0.2) is 47.6 Å². The molecule has 7 atom stereocenters. The summed E-state index contributed by atoms with van der Waals surface area (Å²) >= 11 is 0. The molecule has 4 saturated carbocycles. The van der Waals surface area contributed by atoms with Crippen LogP contribution in [0.3, 0.4) is 0 Å². The number of rotatable bonds is 6. The molecule has 0 bridgehead atoms. The molecule has 0 aromatic rings. The van der Waals surface area contributed by atoms with Gasteiger partial charge in [-0.1, -0.05) is 44.2 Å². The molecular formula is C32H48O4. The average molecular weight is 497 g/mol. The summed E-state index contributed by atoms with van der Waals surface area (Å²) < 4.78 is 5.93. The molecule has 4 fully saturated rings. The maximum absolute atomic E-state index is 12.5. The highest BCUT2D eigenvalue weighted by molar-refractivity contribution is 5.75. The molecule has 0 spiro atoms. The van der Waals surface area contributed by atoms with Crippen LogP contribution < -0.4 is 0 Å². The zero-order valence-corrected chi connectivity index (χ0v) is 23.1. The Balaban J connectivity index is 1.46. The molecule has 0 aromatic heterocycles. The number of hydrogen-bond donors (Lipinski definition) is 2. The summed E-state index contributed by atoms with van der Waals surface area (Å²) in [5.41, 5.74) is 3.07. The van der Waals surface area contributed by atoms with Gasteiger partial charge in [0, 0.05) is 6.42 Å². The highest BCUT2D eigenvalue weighted by atomic mass is 16.5. The molecule has 0 amide bonds. The van der Waals surface area contributed by atoms with Gasteiger partial charge in [0.1, 0.15) is 6.10 Å². The van der Waals surface area contributed by atoms with E-state index in [-0.39, 0.29) is 17.5 Å². The molecule has 0 radical (unpaired) electrons. The Morgan fingerprint density at radius 2 is 1.86 bits per heavy atom. The molecule has 4 heteroatoms. The van der Waals surface area contributed by atoms with Crippen LogP contribution in [0.25, 0.3) is 0 Å². The van der Waals surface area contributed by atoms with Crippen molar-refractivity contribution in [2.45, 2.75) is 111 Å².